The van der Waals surface area contributed by atoms with Crippen molar-refractivity contribution in [3.05, 3.63) is 16.4 Å². The number of halogens is 1. The molecule has 0 spiro atoms. The van der Waals surface area contributed by atoms with Gasteiger partial charge in [-0.05, 0) is 6.92 Å². The molecule has 1 unspecified atom stereocenters. The molecule has 13 heavy (non-hydrogen) atoms. The Bertz CT molecular complexity index is 320. The molecule has 1 N–H and O–H groups in total. The van der Waals surface area contributed by atoms with E-state index >= 15 is 0 Å². The predicted octanol–water partition coefficient (Wildman–Crippen LogP) is -0.135. The molecule has 0 aromatic carbocycles. The van der Waals surface area contributed by atoms with Gasteiger partial charge in [0.1, 0.15) is 6.17 Å². The summed E-state index contributed by atoms with van der Waals surface area (Å²) in [6.07, 6.45) is -1.24. The molecule has 0 aliphatic heterocycles. The lowest BCUT2D eigenvalue weighted by Gasteiger charge is -2.05. The summed E-state index contributed by atoms with van der Waals surface area (Å²) >= 11 is 0. The molecule has 1 rings (SSSR count). The highest BCUT2D eigenvalue weighted by Crippen LogP contribution is 2.01. The highest BCUT2D eigenvalue weighted by atomic mass is 19.1. The van der Waals surface area contributed by atoms with Gasteiger partial charge in [-0.3, -0.25) is 9.09 Å². The van der Waals surface area contributed by atoms with Crippen LogP contribution in [0.5, 0.6) is 0 Å². The Balaban J connectivity index is 2.68. The number of aromatic nitrogens is 2. The highest BCUT2D eigenvalue weighted by molar-refractivity contribution is 4.79. The summed E-state index contributed by atoms with van der Waals surface area (Å²) in [5.41, 5.74) is 0. The van der Waals surface area contributed by atoms with Gasteiger partial charge in [0.05, 0.1) is 6.54 Å². The second-order valence-corrected chi connectivity index (χ2v) is 2.72. The maximum atomic E-state index is 12.9. The smallest absolute Gasteiger partial charge is 0.396 e. The van der Waals surface area contributed by atoms with Crippen molar-refractivity contribution in [3.63, 3.8) is 0 Å². The van der Waals surface area contributed by atoms with Crippen LogP contribution in [0, 0.1) is 6.92 Å². The van der Waals surface area contributed by atoms with Crippen LogP contribution in [0.15, 0.2) is 9.32 Å². The average Bonchev–Trinajstić information content (AvgIpc) is 2.36. The Morgan fingerprint density at radius 2 is 2.46 bits per heavy atom. The summed E-state index contributed by atoms with van der Waals surface area (Å²) in [6.45, 7) is 1.20. The van der Waals surface area contributed by atoms with Crippen LogP contribution in [0.3, 0.4) is 0 Å². The van der Waals surface area contributed by atoms with Crippen LogP contribution in [0.25, 0.3) is 0 Å². The van der Waals surface area contributed by atoms with E-state index in [-0.39, 0.29) is 19.6 Å². The third-order valence-corrected chi connectivity index (χ3v) is 1.69. The average molecular weight is 190 g/mol. The lowest BCUT2D eigenvalue weighted by atomic mass is 10.3. The SMILES string of the molecule is Cc1noc(=O)n1CC(F)CCO. The van der Waals surface area contributed by atoms with E-state index < -0.39 is 11.9 Å². The van der Waals surface area contributed by atoms with Gasteiger partial charge in [-0.15, -0.1) is 0 Å². The van der Waals surface area contributed by atoms with Crippen molar-refractivity contribution in [1.29, 1.82) is 0 Å². The van der Waals surface area contributed by atoms with E-state index in [1.807, 2.05) is 0 Å². The van der Waals surface area contributed by atoms with Gasteiger partial charge < -0.3 is 5.11 Å². The number of aryl methyl sites for hydroxylation is 1. The predicted molar refractivity (Wildman–Crippen MR) is 42.1 cm³/mol. The first-order valence-electron chi connectivity index (χ1n) is 3.93. The number of rotatable bonds is 4. The van der Waals surface area contributed by atoms with Gasteiger partial charge in [0.25, 0.3) is 0 Å². The topological polar surface area (TPSA) is 68.3 Å². The molecule has 0 amide bonds. The molecule has 1 atom stereocenters. The first-order valence-corrected chi connectivity index (χ1v) is 3.93. The Morgan fingerprint density at radius 3 is 2.92 bits per heavy atom. The van der Waals surface area contributed by atoms with E-state index in [9.17, 15) is 9.18 Å². The molecule has 0 bridgehead atoms. The van der Waals surface area contributed by atoms with Gasteiger partial charge in [-0.25, -0.2) is 9.18 Å². The van der Waals surface area contributed by atoms with E-state index in [2.05, 4.69) is 9.68 Å². The molecular formula is C7H11FN2O3. The maximum Gasteiger partial charge on any atom is 0.441 e. The molecule has 0 saturated heterocycles. The fourth-order valence-corrected chi connectivity index (χ4v) is 0.972. The van der Waals surface area contributed by atoms with Crippen LogP contribution in [-0.2, 0) is 6.54 Å². The molecule has 0 radical (unpaired) electrons. The number of nitrogens with zero attached hydrogens (tertiary/aromatic N) is 2. The zero-order chi connectivity index (χ0) is 9.84. The lowest BCUT2D eigenvalue weighted by Crippen LogP contribution is -2.22. The summed E-state index contributed by atoms with van der Waals surface area (Å²) in [5, 5.41) is 11.8. The summed E-state index contributed by atoms with van der Waals surface area (Å²) in [6, 6.07) is 0. The minimum Gasteiger partial charge on any atom is -0.396 e. The van der Waals surface area contributed by atoms with Gasteiger partial charge in [0.15, 0.2) is 5.82 Å². The maximum absolute atomic E-state index is 12.9. The van der Waals surface area contributed by atoms with Crippen LogP contribution < -0.4 is 5.76 Å². The third kappa shape index (κ3) is 2.38. The molecule has 74 valence electrons. The van der Waals surface area contributed by atoms with Crippen molar-refractivity contribution >= 4 is 0 Å². The molecule has 0 fully saturated rings. The molecule has 0 aliphatic carbocycles. The van der Waals surface area contributed by atoms with Crippen LogP contribution in [0.2, 0.25) is 0 Å². The fraction of sp³-hybridized carbons (Fsp3) is 0.714. The van der Waals surface area contributed by atoms with Gasteiger partial charge >= 0.3 is 5.76 Å². The van der Waals surface area contributed by atoms with Gasteiger partial charge in [0.2, 0.25) is 0 Å². The van der Waals surface area contributed by atoms with Gasteiger partial charge in [-0.2, -0.15) is 0 Å². The Kier molecular flexibility index (Phi) is 3.18. The van der Waals surface area contributed by atoms with E-state index in [1.54, 1.807) is 6.92 Å². The number of aliphatic hydroxyl groups is 1. The van der Waals surface area contributed by atoms with E-state index in [0.717, 1.165) is 4.57 Å². The first-order chi connectivity index (χ1) is 6.15. The molecule has 0 aliphatic rings. The van der Waals surface area contributed by atoms with E-state index in [0.29, 0.717) is 5.82 Å². The molecule has 1 heterocycles. The molecule has 0 saturated carbocycles. The first kappa shape index (κ1) is 9.91. The standard InChI is InChI=1S/C7H11FN2O3/c1-5-9-13-7(12)10(5)4-6(8)2-3-11/h6,11H,2-4H2,1H3. The number of aliphatic hydroxyl groups excluding tert-OH is 1. The molecule has 5 nitrogen and oxygen atoms in total. The molecule has 1 aromatic heterocycles. The Hall–Kier alpha value is -1.17. The van der Waals surface area contributed by atoms with E-state index in [1.165, 1.54) is 0 Å². The number of hydrogen-bond donors (Lipinski definition) is 1. The quantitative estimate of drug-likeness (QED) is 0.717. The Labute approximate surface area is 73.8 Å². The summed E-state index contributed by atoms with van der Waals surface area (Å²) in [5.74, 6) is -0.330. The van der Waals surface area contributed by atoms with Gasteiger partial charge in [-0.1, -0.05) is 5.16 Å². The molecule has 1 aromatic rings. The monoisotopic (exact) mass is 190 g/mol. The van der Waals surface area contributed by atoms with Crippen molar-refractivity contribution in [2.24, 2.45) is 0 Å². The van der Waals surface area contributed by atoms with Crippen LogP contribution >= 0.6 is 0 Å². The van der Waals surface area contributed by atoms with Crippen molar-refractivity contribution < 1.29 is 14.0 Å². The van der Waals surface area contributed by atoms with Gasteiger partial charge in [0, 0.05) is 13.0 Å². The van der Waals surface area contributed by atoms with Crippen molar-refractivity contribution in [2.45, 2.75) is 26.1 Å². The Morgan fingerprint density at radius 1 is 1.77 bits per heavy atom. The van der Waals surface area contributed by atoms with Crippen LogP contribution in [-0.4, -0.2) is 27.6 Å². The van der Waals surface area contributed by atoms with Crippen molar-refractivity contribution in [2.75, 3.05) is 6.61 Å². The van der Waals surface area contributed by atoms with Crippen LogP contribution in [0.4, 0.5) is 4.39 Å². The fourth-order valence-electron chi connectivity index (χ4n) is 0.972. The largest absolute Gasteiger partial charge is 0.441 e. The number of alkyl halides is 1. The third-order valence-electron chi connectivity index (χ3n) is 1.69. The normalized spacial score (nSPS) is 13.2. The summed E-state index contributed by atoms with van der Waals surface area (Å²) in [7, 11) is 0. The van der Waals surface area contributed by atoms with Crippen molar-refractivity contribution in [3.8, 4) is 0 Å². The van der Waals surface area contributed by atoms with E-state index in [4.69, 9.17) is 5.11 Å². The summed E-state index contributed by atoms with van der Waals surface area (Å²) < 4.78 is 18.3. The lowest BCUT2D eigenvalue weighted by molar-refractivity contribution is 0.201. The second kappa shape index (κ2) is 4.18. The highest BCUT2D eigenvalue weighted by Gasteiger charge is 2.12. The van der Waals surface area contributed by atoms with Crippen LogP contribution in [0.1, 0.15) is 12.2 Å². The summed E-state index contributed by atoms with van der Waals surface area (Å²) in [4.78, 5) is 10.9. The zero-order valence-corrected chi connectivity index (χ0v) is 7.23. The number of hydrogen-bond acceptors (Lipinski definition) is 4. The molecule has 6 heteroatoms. The molecular weight excluding hydrogens is 179 g/mol. The minimum atomic E-state index is -1.25. The minimum absolute atomic E-state index is 0.0110. The second-order valence-electron chi connectivity index (χ2n) is 2.72. The van der Waals surface area contributed by atoms with Crippen molar-refractivity contribution in [1.82, 2.24) is 9.72 Å². The zero-order valence-electron chi connectivity index (χ0n) is 7.23.